The number of hydrogen-bond acceptors (Lipinski definition) is 5. The van der Waals surface area contributed by atoms with Crippen LogP contribution in [-0.4, -0.2) is 29.4 Å². The van der Waals surface area contributed by atoms with Crippen LogP contribution in [0.2, 0.25) is 5.02 Å². The molecule has 1 aliphatic rings. The fourth-order valence-electron chi connectivity index (χ4n) is 2.91. The zero-order valence-electron chi connectivity index (χ0n) is 13.6. The molecule has 0 bridgehead atoms. The van der Waals surface area contributed by atoms with Crippen LogP contribution in [0.1, 0.15) is 42.6 Å². The van der Waals surface area contributed by atoms with Gasteiger partial charge in [0.2, 0.25) is 15.9 Å². The number of piperidine rings is 1. The fourth-order valence-corrected chi connectivity index (χ4v) is 5.09. The minimum Gasteiger partial charge on any atom is -0.340 e. The first-order chi connectivity index (χ1) is 12.1. The third-order valence-corrected chi connectivity index (χ3v) is 6.53. The van der Waals surface area contributed by atoms with Crippen LogP contribution in [0, 0.1) is 6.92 Å². The van der Waals surface area contributed by atoms with Gasteiger partial charge in [0.05, 0.1) is 16.6 Å². The minimum absolute atomic E-state index is 0.192. The van der Waals surface area contributed by atoms with Gasteiger partial charge in [0.15, 0.2) is 5.82 Å². The van der Waals surface area contributed by atoms with Crippen LogP contribution in [0.3, 0.4) is 0 Å². The van der Waals surface area contributed by atoms with E-state index in [1.54, 1.807) is 6.92 Å². The first-order valence-corrected chi connectivity index (χ1v) is 9.61. The zero-order chi connectivity index (χ0) is 19.1. The van der Waals surface area contributed by atoms with Crippen LogP contribution in [0.25, 0.3) is 0 Å². The quantitative estimate of drug-likeness (QED) is 0.766. The van der Waals surface area contributed by atoms with E-state index in [1.165, 1.54) is 4.31 Å². The molecule has 0 unspecified atom stereocenters. The van der Waals surface area contributed by atoms with Crippen molar-refractivity contribution in [2.75, 3.05) is 6.54 Å². The van der Waals surface area contributed by atoms with E-state index in [1.807, 2.05) is 0 Å². The van der Waals surface area contributed by atoms with Gasteiger partial charge in [-0.2, -0.15) is 22.5 Å². The lowest BCUT2D eigenvalue weighted by molar-refractivity contribution is -0.137. The van der Waals surface area contributed by atoms with Gasteiger partial charge in [0, 0.05) is 13.5 Å². The molecule has 3 rings (SSSR count). The van der Waals surface area contributed by atoms with Crippen molar-refractivity contribution in [1.82, 2.24) is 14.4 Å². The van der Waals surface area contributed by atoms with E-state index in [-0.39, 0.29) is 17.3 Å². The van der Waals surface area contributed by atoms with E-state index in [9.17, 15) is 21.6 Å². The third kappa shape index (κ3) is 3.58. The highest BCUT2D eigenvalue weighted by Gasteiger charge is 2.39. The van der Waals surface area contributed by atoms with Crippen molar-refractivity contribution in [2.45, 2.75) is 43.3 Å². The van der Waals surface area contributed by atoms with Gasteiger partial charge in [0.25, 0.3) is 0 Å². The summed E-state index contributed by atoms with van der Waals surface area (Å²) in [5.41, 5.74) is -1.01. The molecule has 0 aliphatic carbocycles. The molecule has 1 aliphatic heterocycles. The Hall–Kier alpha value is -1.65. The molecular weight excluding hydrogens is 395 g/mol. The summed E-state index contributed by atoms with van der Waals surface area (Å²) in [6, 6.07) is 1.56. The summed E-state index contributed by atoms with van der Waals surface area (Å²) in [5.74, 6) is 0.532. The van der Waals surface area contributed by atoms with Crippen LogP contribution >= 0.6 is 11.6 Å². The second kappa shape index (κ2) is 6.82. The van der Waals surface area contributed by atoms with Crippen LogP contribution in [0.4, 0.5) is 13.2 Å². The molecule has 6 nitrogen and oxygen atoms in total. The molecule has 0 spiro atoms. The van der Waals surface area contributed by atoms with Gasteiger partial charge in [-0.3, -0.25) is 0 Å². The van der Waals surface area contributed by atoms with E-state index >= 15 is 0 Å². The topological polar surface area (TPSA) is 76.3 Å². The van der Waals surface area contributed by atoms with Crippen LogP contribution in [0.5, 0.6) is 0 Å². The number of nitrogens with zero attached hydrogens (tertiary/aromatic N) is 3. The van der Waals surface area contributed by atoms with E-state index in [2.05, 4.69) is 10.1 Å². The number of halogens is 4. The Bertz CT molecular complexity index is 914. The van der Waals surface area contributed by atoms with E-state index < -0.39 is 32.8 Å². The average molecular weight is 410 g/mol. The van der Waals surface area contributed by atoms with Crippen LogP contribution < -0.4 is 0 Å². The smallest absolute Gasteiger partial charge is 0.340 e. The van der Waals surface area contributed by atoms with Crippen molar-refractivity contribution in [3.05, 3.63) is 40.5 Å². The number of alkyl halides is 3. The number of aryl methyl sites for hydroxylation is 1. The fraction of sp³-hybridized carbons (Fsp3) is 0.467. The standard InChI is InChI=1S/C15H15ClF3N3O3S/c1-9-20-14(21-25-9)12-4-2-3-7-22(12)26(23,24)13-6-5-10(8-11(13)16)15(17,18)19/h5-6,8,12H,2-4,7H2,1H3/t12-/m0/s1. The van der Waals surface area contributed by atoms with Crippen molar-refractivity contribution >= 4 is 21.6 Å². The maximum Gasteiger partial charge on any atom is 0.416 e. The molecule has 1 aromatic carbocycles. The molecule has 0 amide bonds. The van der Waals surface area contributed by atoms with Gasteiger partial charge >= 0.3 is 6.18 Å². The van der Waals surface area contributed by atoms with Crippen molar-refractivity contribution in [3.63, 3.8) is 0 Å². The highest BCUT2D eigenvalue weighted by atomic mass is 35.5. The minimum atomic E-state index is -4.61. The number of rotatable bonds is 3. The third-order valence-electron chi connectivity index (χ3n) is 4.14. The molecule has 1 atom stereocenters. The van der Waals surface area contributed by atoms with Crippen LogP contribution in [-0.2, 0) is 16.2 Å². The molecule has 142 valence electrons. The monoisotopic (exact) mass is 409 g/mol. The highest BCUT2D eigenvalue weighted by Crippen LogP contribution is 2.38. The molecule has 0 N–H and O–H groups in total. The Morgan fingerprint density at radius 1 is 1.31 bits per heavy atom. The van der Waals surface area contributed by atoms with Gasteiger partial charge in [-0.05, 0) is 31.0 Å². The molecule has 1 fully saturated rings. The lowest BCUT2D eigenvalue weighted by atomic mass is 10.0. The van der Waals surface area contributed by atoms with Gasteiger partial charge < -0.3 is 4.52 Å². The highest BCUT2D eigenvalue weighted by molar-refractivity contribution is 7.89. The lowest BCUT2D eigenvalue weighted by Crippen LogP contribution is -2.39. The van der Waals surface area contributed by atoms with Crippen molar-refractivity contribution in [3.8, 4) is 0 Å². The second-order valence-electron chi connectivity index (χ2n) is 5.94. The molecule has 26 heavy (non-hydrogen) atoms. The summed E-state index contributed by atoms with van der Waals surface area (Å²) in [6.45, 7) is 1.78. The number of benzene rings is 1. The van der Waals surface area contributed by atoms with Crippen molar-refractivity contribution < 1.29 is 26.1 Å². The summed E-state index contributed by atoms with van der Waals surface area (Å²) in [5, 5.41) is 3.31. The van der Waals surface area contributed by atoms with E-state index in [4.69, 9.17) is 16.1 Å². The normalized spacial score (nSPS) is 19.7. The molecule has 2 heterocycles. The summed E-state index contributed by atoms with van der Waals surface area (Å²) < 4.78 is 70.5. The summed E-state index contributed by atoms with van der Waals surface area (Å²) >= 11 is 5.88. The van der Waals surface area contributed by atoms with Gasteiger partial charge in [-0.1, -0.05) is 23.2 Å². The Morgan fingerprint density at radius 2 is 2.04 bits per heavy atom. The first kappa shape index (κ1) is 19.1. The Labute approximate surface area is 153 Å². The first-order valence-electron chi connectivity index (χ1n) is 7.79. The summed E-state index contributed by atoms with van der Waals surface area (Å²) in [6.07, 6.45) is -2.74. The Balaban J connectivity index is 2.00. The molecule has 0 saturated carbocycles. The van der Waals surface area contributed by atoms with Gasteiger partial charge in [0.1, 0.15) is 4.90 Å². The van der Waals surface area contributed by atoms with E-state index in [0.717, 1.165) is 12.5 Å². The Kier molecular flexibility index (Phi) is 5.02. The largest absolute Gasteiger partial charge is 0.416 e. The second-order valence-corrected chi connectivity index (χ2v) is 8.21. The van der Waals surface area contributed by atoms with Gasteiger partial charge in [-0.25, -0.2) is 8.42 Å². The molecule has 0 radical (unpaired) electrons. The number of hydrogen-bond donors (Lipinski definition) is 0. The molecule has 1 aromatic heterocycles. The maximum absolute atomic E-state index is 13.0. The number of sulfonamides is 1. The summed E-state index contributed by atoms with van der Waals surface area (Å²) in [7, 11) is -4.13. The zero-order valence-corrected chi connectivity index (χ0v) is 15.2. The maximum atomic E-state index is 13.0. The van der Waals surface area contributed by atoms with E-state index in [0.29, 0.717) is 30.9 Å². The lowest BCUT2D eigenvalue weighted by Gasteiger charge is -2.33. The molecule has 11 heteroatoms. The van der Waals surface area contributed by atoms with Crippen molar-refractivity contribution in [2.24, 2.45) is 0 Å². The molecular formula is C15H15ClF3N3O3S. The summed E-state index contributed by atoms with van der Waals surface area (Å²) in [4.78, 5) is 3.72. The predicted molar refractivity (Wildman–Crippen MR) is 86.0 cm³/mol. The number of aromatic nitrogens is 2. The average Bonchev–Trinajstić information content (AvgIpc) is 3.00. The Morgan fingerprint density at radius 3 is 2.62 bits per heavy atom. The van der Waals surface area contributed by atoms with Gasteiger partial charge in [-0.15, -0.1) is 0 Å². The van der Waals surface area contributed by atoms with Crippen molar-refractivity contribution in [1.29, 1.82) is 0 Å². The van der Waals surface area contributed by atoms with Crippen LogP contribution in [0.15, 0.2) is 27.6 Å². The predicted octanol–water partition coefficient (Wildman–Crippen LogP) is 3.97. The SMILES string of the molecule is Cc1nc([C@@H]2CCCCN2S(=O)(=O)c2ccc(C(F)(F)F)cc2Cl)no1. The molecule has 2 aromatic rings. The molecule has 1 saturated heterocycles.